The number of nitrogens with one attached hydrogen (secondary N) is 1. The summed E-state index contributed by atoms with van der Waals surface area (Å²) in [5.41, 5.74) is 2.06. The minimum atomic E-state index is 0.618. The van der Waals surface area contributed by atoms with Crippen molar-refractivity contribution in [3.8, 4) is 0 Å². The van der Waals surface area contributed by atoms with Gasteiger partial charge < -0.3 is 14.8 Å². The lowest BCUT2D eigenvalue weighted by Crippen LogP contribution is -2.16. The Kier molecular flexibility index (Phi) is 8.29. The largest absolute Gasteiger partial charge is 0.382 e. The quantitative estimate of drug-likeness (QED) is 0.651. The predicted octanol–water partition coefficient (Wildman–Crippen LogP) is 1.49. The minimum Gasteiger partial charge on any atom is -0.382 e. The van der Waals surface area contributed by atoms with Crippen molar-refractivity contribution < 1.29 is 9.47 Å². The van der Waals surface area contributed by atoms with E-state index < -0.39 is 0 Å². The van der Waals surface area contributed by atoms with Gasteiger partial charge in [-0.05, 0) is 26.0 Å². The highest BCUT2D eigenvalue weighted by Gasteiger charge is 2.02. The van der Waals surface area contributed by atoms with E-state index in [2.05, 4.69) is 22.2 Å². The summed E-state index contributed by atoms with van der Waals surface area (Å²) in [6, 6.07) is 2.03. The molecule has 19 heavy (non-hydrogen) atoms. The molecule has 5 nitrogen and oxygen atoms in total. The maximum absolute atomic E-state index is 5.44. The highest BCUT2D eigenvalue weighted by atomic mass is 16.5. The molecule has 0 radical (unpaired) electrons. The first-order valence-electron chi connectivity index (χ1n) is 6.87. The van der Waals surface area contributed by atoms with E-state index >= 15 is 0 Å². The van der Waals surface area contributed by atoms with Crippen molar-refractivity contribution in [3.63, 3.8) is 0 Å². The summed E-state index contributed by atoms with van der Waals surface area (Å²) in [4.78, 5) is 8.97. The molecule has 0 fully saturated rings. The van der Waals surface area contributed by atoms with Gasteiger partial charge in [0, 0.05) is 25.8 Å². The van der Waals surface area contributed by atoms with Gasteiger partial charge in [0.25, 0.3) is 0 Å². The number of ether oxygens (including phenoxy) is 2. The van der Waals surface area contributed by atoms with Crippen LogP contribution >= 0.6 is 0 Å². The minimum absolute atomic E-state index is 0.618. The molecule has 0 saturated heterocycles. The van der Waals surface area contributed by atoms with Crippen LogP contribution < -0.4 is 5.32 Å². The summed E-state index contributed by atoms with van der Waals surface area (Å²) in [5.74, 6) is 0.853. The molecule has 0 aromatic carbocycles. The van der Waals surface area contributed by atoms with Gasteiger partial charge in [0.2, 0.25) is 0 Å². The normalized spacial score (nSPS) is 10.9. The van der Waals surface area contributed by atoms with E-state index in [0.29, 0.717) is 19.8 Å². The Morgan fingerprint density at radius 1 is 1.21 bits per heavy atom. The molecule has 0 spiro atoms. The van der Waals surface area contributed by atoms with Crippen molar-refractivity contribution in [3.05, 3.63) is 23.3 Å². The molecule has 1 aromatic heterocycles. The fraction of sp³-hybridized carbons (Fsp3) is 0.714. The molecule has 0 atom stereocenters. The van der Waals surface area contributed by atoms with E-state index in [-0.39, 0.29) is 0 Å². The summed E-state index contributed by atoms with van der Waals surface area (Å²) < 4.78 is 10.4. The predicted molar refractivity (Wildman–Crippen MR) is 75.2 cm³/mol. The van der Waals surface area contributed by atoms with Crippen molar-refractivity contribution in [2.45, 2.75) is 33.2 Å². The molecular formula is C14H25N3O2. The molecule has 1 heterocycles. The van der Waals surface area contributed by atoms with Crippen molar-refractivity contribution in [1.82, 2.24) is 15.3 Å². The zero-order valence-corrected chi connectivity index (χ0v) is 12.2. The van der Waals surface area contributed by atoms with Gasteiger partial charge in [-0.2, -0.15) is 0 Å². The third kappa shape index (κ3) is 7.20. The summed E-state index contributed by atoms with van der Waals surface area (Å²) in [5, 5.41) is 3.35. The van der Waals surface area contributed by atoms with E-state index in [1.165, 1.54) is 0 Å². The third-order valence-electron chi connectivity index (χ3n) is 2.59. The Labute approximate surface area is 115 Å². The van der Waals surface area contributed by atoms with Crippen LogP contribution in [0.4, 0.5) is 0 Å². The number of hydrogen-bond donors (Lipinski definition) is 1. The number of aromatic nitrogens is 2. The van der Waals surface area contributed by atoms with Crippen LogP contribution in [0.25, 0.3) is 0 Å². The molecular weight excluding hydrogens is 242 g/mol. The van der Waals surface area contributed by atoms with Gasteiger partial charge in [0.1, 0.15) is 5.82 Å². The summed E-state index contributed by atoms with van der Waals surface area (Å²) in [7, 11) is 1.67. The molecule has 108 valence electrons. The lowest BCUT2D eigenvalue weighted by molar-refractivity contribution is 0.0716. The first-order chi connectivity index (χ1) is 9.26. The fourth-order valence-corrected chi connectivity index (χ4v) is 1.70. The first kappa shape index (κ1) is 16.0. The molecule has 0 unspecified atom stereocenters. The Balaban J connectivity index is 2.39. The van der Waals surface area contributed by atoms with Crippen LogP contribution in [0.15, 0.2) is 6.07 Å². The first-order valence-corrected chi connectivity index (χ1v) is 6.87. The molecule has 0 amide bonds. The molecule has 0 bridgehead atoms. The molecule has 1 N–H and O–H groups in total. The van der Waals surface area contributed by atoms with Gasteiger partial charge >= 0.3 is 0 Å². The number of rotatable bonds is 10. The van der Waals surface area contributed by atoms with Crippen LogP contribution in [-0.4, -0.2) is 43.4 Å². The molecule has 1 rings (SSSR count). The lowest BCUT2D eigenvalue weighted by atomic mass is 10.3. The Hall–Kier alpha value is -1.04. The standard InChI is InChI=1S/C14H25N3O2/c1-4-6-15-11-13-10-12(2)16-14(17-13)5-7-19-9-8-18-3/h10,15H,4-9,11H2,1-3H3. The summed E-state index contributed by atoms with van der Waals surface area (Å²) in [6.07, 6.45) is 1.87. The van der Waals surface area contributed by atoms with Crippen LogP contribution in [0.5, 0.6) is 0 Å². The molecule has 0 aliphatic rings. The van der Waals surface area contributed by atoms with Crippen LogP contribution in [-0.2, 0) is 22.4 Å². The van der Waals surface area contributed by atoms with Crippen LogP contribution in [0.1, 0.15) is 30.6 Å². The van der Waals surface area contributed by atoms with Crippen molar-refractivity contribution in [2.24, 2.45) is 0 Å². The monoisotopic (exact) mass is 267 g/mol. The van der Waals surface area contributed by atoms with Gasteiger partial charge in [-0.15, -0.1) is 0 Å². The highest BCUT2D eigenvalue weighted by molar-refractivity contribution is 5.10. The second kappa shape index (κ2) is 9.83. The maximum atomic E-state index is 5.44. The average molecular weight is 267 g/mol. The van der Waals surface area contributed by atoms with Gasteiger partial charge in [0.15, 0.2) is 0 Å². The second-order valence-corrected chi connectivity index (χ2v) is 4.45. The zero-order chi connectivity index (χ0) is 13.9. The van der Waals surface area contributed by atoms with Crippen LogP contribution in [0.3, 0.4) is 0 Å². The summed E-state index contributed by atoms with van der Waals surface area (Å²) in [6.45, 7) is 7.84. The molecule has 1 aromatic rings. The zero-order valence-electron chi connectivity index (χ0n) is 12.2. The molecule has 0 aliphatic carbocycles. The van der Waals surface area contributed by atoms with Crippen LogP contribution in [0.2, 0.25) is 0 Å². The SMILES string of the molecule is CCCNCc1cc(C)nc(CCOCCOC)n1. The maximum Gasteiger partial charge on any atom is 0.131 e. The Bertz CT molecular complexity index is 359. The van der Waals surface area contributed by atoms with E-state index in [1.807, 2.05) is 13.0 Å². The van der Waals surface area contributed by atoms with Crippen LogP contribution in [0, 0.1) is 6.92 Å². The third-order valence-corrected chi connectivity index (χ3v) is 2.59. The van der Waals surface area contributed by atoms with E-state index in [4.69, 9.17) is 9.47 Å². The Morgan fingerprint density at radius 3 is 2.79 bits per heavy atom. The average Bonchev–Trinajstić information content (AvgIpc) is 2.38. The molecule has 0 aliphatic heterocycles. The number of hydrogen-bond acceptors (Lipinski definition) is 5. The van der Waals surface area contributed by atoms with Gasteiger partial charge in [-0.1, -0.05) is 6.92 Å². The van der Waals surface area contributed by atoms with Gasteiger partial charge in [-0.3, -0.25) is 0 Å². The van der Waals surface area contributed by atoms with Gasteiger partial charge in [-0.25, -0.2) is 9.97 Å². The van der Waals surface area contributed by atoms with Crippen molar-refractivity contribution in [1.29, 1.82) is 0 Å². The fourth-order valence-electron chi connectivity index (χ4n) is 1.70. The second-order valence-electron chi connectivity index (χ2n) is 4.45. The highest BCUT2D eigenvalue weighted by Crippen LogP contribution is 2.02. The van der Waals surface area contributed by atoms with E-state index in [1.54, 1.807) is 7.11 Å². The van der Waals surface area contributed by atoms with Gasteiger partial charge in [0.05, 0.1) is 25.5 Å². The molecule has 5 heteroatoms. The smallest absolute Gasteiger partial charge is 0.131 e. The van der Waals surface area contributed by atoms with E-state index in [0.717, 1.165) is 43.1 Å². The summed E-state index contributed by atoms with van der Waals surface area (Å²) >= 11 is 0. The number of nitrogens with zero attached hydrogens (tertiary/aromatic N) is 2. The molecule has 0 saturated carbocycles. The number of methoxy groups -OCH3 is 1. The van der Waals surface area contributed by atoms with Crippen molar-refractivity contribution >= 4 is 0 Å². The lowest BCUT2D eigenvalue weighted by Gasteiger charge is -2.07. The Morgan fingerprint density at radius 2 is 2.05 bits per heavy atom. The number of aryl methyl sites for hydroxylation is 1. The topological polar surface area (TPSA) is 56.3 Å². The van der Waals surface area contributed by atoms with Crippen molar-refractivity contribution in [2.75, 3.05) is 33.5 Å². The van der Waals surface area contributed by atoms with E-state index in [9.17, 15) is 0 Å².